The number of hydrogen-bond donors (Lipinski definition) is 0. The van der Waals surface area contributed by atoms with Crippen molar-refractivity contribution in [2.24, 2.45) is 5.41 Å². The maximum Gasteiger partial charge on any atom is 0.311 e. The fourth-order valence-corrected chi connectivity index (χ4v) is 1.13. The second-order valence-corrected chi connectivity index (χ2v) is 5.07. The van der Waals surface area contributed by atoms with Crippen LogP contribution in [0.3, 0.4) is 0 Å². The molecule has 0 unspecified atom stereocenters. The minimum Gasteiger partial charge on any atom is -0.462 e. The maximum atomic E-state index is 11.6. The van der Waals surface area contributed by atoms with Crippen LogP contribution in [-0.4, -0.2) is 37.7 Å². The Hall–Kier alpha value is -1.85. The summed E-state index contributed by atoms with van der Waals surface area (Å²) < 4.78 is 14.6. The summed E-state index contributed by atoms with van der Waals surface area (Å²) in [6, 6.07) is 0. The third-order valence-corrected chi connectivity index (χ3v) is 2.91. The van der Waals surface area contributed by atoms with Crippen LogP contribution in [0, 0.1) is 5.41 Å². The van der Waals surface area contributed by atoms with Crippen LogP contribution < -0.4 is 0 Å². The molecule has 0 aliphatic carbocycles. The van der Waals surface area contributed by atoms with E-state index in [0.29, 0.717) is 6.42 Å². The van der Waals surface area contributed by atoms with Gasteiger partial charge in [-0.3, -0.25) is 14.4 Å². The quantitative estimate of drug-likeness (QED) is 0.266. The van der Waals surface area contributed by atoms with Crippen molar-refractivity contribution < 1.29 is 28.6 Å². The summed E-state index contributed by atoms with van der Waals surface area (Å²) in [6.45, 7) is 8.99. The van der Waals surface area contributed by atoms with E-state index in [9.17, 15) is 14.4 Å². The zero-order valence-electron chi connectivity index (χ0n) is 13.0. The summed E-state index contributed by atoms with van der Waals surface area (Å²) in [5.74, 6) is -1.34. The van der Waals surface area contributed by atoms with Crippen molar-refractivity contribution in [1.82, 2.24) is 0 Å². The summed E-state index contributed by atoms with van der Waals surface area (Å²) >= 11 is 0. The molecular formula is C15H24O6. The molecule has 0 amide bonds. The molecule has 0 rings (SSSR count). The lowest BCUT2D eigenvalue weighted by atomic mass is 9.91. The van der Waals surface area contributed by atoms with Gasteiger partial charge in [0.15, 0.2) is 0 Å². The molecule has 0 atom stereocenters. The predicted octanol–water partition coefficient (Wildman–Crippen LogP) is 2.02. The molecule has 21 heavy (non-hydrogen) atoms. The number of esters is 3. The highest BCUT2D eigenvalue weighted by Gasteiger charge is 2.26. The van der Waals surface area contributed by atoms with Crippen molar-refractivity contribution in [2.75, 3.05) is 19.8 Å². The zero-order valence-corrected chi connectivity index (χ0v) is 13.0. The Morgan fingerprint density at radius 1 is 1.00 bits per heavy atom. The standard InChI is InChI=1S/C15H24O6/c1-5-9-19-12(16)7-8-13(17)20-10-11-21-14(18)15(3,4)6-2/h5H,1,6-11H2,2-4H3. The van der Waals surface area contributed by atoms with Crippen LogP contribution in [0.4, 0.5) is 0 Å². The second kappa shape index (κ2) is 9.96. The van der Waals surface area contributed by atoms with Gasteiger partial charge in [-0.2, -0.15) is 0 Å². The van der Waals surface area contributed by atoms with Gasteiger partial charge in [0.2, 0.25) is 0 Å². The molecule has 0 aliphatic rings. The third-order valence-electron chi connectivity index (χ3n) is 2.91. The van der Waals surface area contributed by atoms with Gasteiger partial charge in [0.05, 0.1) is 18.3 Å². The Kier molecular flexibility index (Phi) is 9.08. The Bertz CT molecular complexity index is 372. The van der Waals surface area contributed by atoms with Crippen molar-refractivity contribution in [1.29, 1.82) is 0 Å². The highest BCUT2D eigenvalue weighted by atomic mass is 16.6. The largest absolute Gasteiger partial charge is 0.462 e. The fraction of sp³-hybridized carbons (Fsp3) is 0.667. The van der Waals surface area contributed by atoms with Gasteiger partial charge in [-0.05, 0) is 20.3 Å². The van der Waals surface area contributed by atoms with Crippen LogP contribution in [0.5, 0.6) is 0 Å². The normalized spacial score (nSPS) is 10.6. The Morgan fingerprint density at radius 3 is 2.05 bits per heavy atom. The van der Waals surface area contributed by atoms with Crippen molar-refractivity contribution in [2.45, 2.75) is 40.0 Å². The van der Waals surface area contributed by atoms with Crippen LogP contribution in [-0.2, 0) is 28.6 Å². The molecule has 0 N–H and O–H groups in total. The molecule has 0 saturated carbocycles. The van der Waals surface area contributed by atoms with Gasteiger partial charge in [-0.25, -0.2) is 0 Å². The predicted molar refractivity (Wildman–Crippen MR) is 76.4 cm³/mol. The summed E-state index contributed by atoms with van der Waals surface area (Å²) in [5.41, 5.74) is -0.543. The molecular weight excluding hydrogens is 276 g/mol. The van der Waals surface area contributed by atoms with Gasteiger partial charge in [-0.15, -0.1) is 0 Å². The average molecular weight is 300 g/mol. The van der Waals surface area contributed by atoms with Crippen molar-refractivity contribution in [3.05, 3.63) is 12.7 Å². The first-order chi connectivity index (χ1) is 9.83. The SMILES string of the molecule is C=CCOC(=O)CCC(=O)OCCOC(=O)C(C)(C)CC. The van der Waals surface area contributed by atoms with Crippen LogP contribution in [0.25, 0.3) is 0 Å². The van der Waals surface area contributed by atoms with E-state index >= 15 is 0 Å². The first-order valence-electron chi connectivity index (χ1n) is 6.93. The van der Waals surface area contributed by atoms with Crippen molar-refractivity contribution in [3.63, 3.8) is 0 Å². The van der Waals surface area contributed by atoms with Crippen LogP contribution >= 0.6 is 0 Å². The molecule has 0 aromatic carbocycles. The minimum atomic E-state index is -0.543. The lowest BCUT2D eigenvalue weighted by molar-refractivity contribution is -0.159. The van der Waals surface area contributed by atoms with E-state index < -0.39 is 17.4 Å². The number of rotatable bonds is 10. The van der Waals surface area contributed by atoms with E-state index in [1.807, 2.05) is 6.92 Å². The summed E-state index contributed by atoms with van der Waals surface area (Å²) in [4.78, 5) is 34.1. The van der Waals surface area contributed by atoms with E-state index in [4.69, 9.17) is 14.2 Å². The first-order valence-corrected chi connectivity index (χ1v) is 6.93. The number of carbonyl (C=O) groups excluding carboxylic acids is 3. The summed E-state index contributed by atoms with van der Waals surface area (Å²) in [7, 11) is 0. The molecule has 0 saturated heterocycles. The summed E-state index contributed by atoms with van der Waals surface area (Å²) in [6.07, 6.45) is 2.00. The van der Waals surface area contributed by atoms with E-state index in [1.165, 1.54) is 6.08 Å². The monoisotopic (exact) mass is 300 g/mol. The zero-order chi connectivity index (χ0) is 16.3. The second-order valence-electron chi connectivity index (χ2n) is 5.07. The van der Waals surface area contributed by atoms with E-state index in [-0.39, 0.29) is 38.6 Å². The van der Waals surface area contributed by atoms with Gasteiger partial charge in [0, 0.05) is 0 Å². The number of ether oxygens (including phenoxy) is 3. The lowest BCUT2D eigenvalue weighted by Gasteiger charge is -2.20. The summed E-state index contributed by atoms with van der Waals surface area (Å²) in [5, 5.41) is 0. The van der Waals surface area contributed by atoms with E-state index in [0.717, 1.165) is 0 Å². The smallest absolute Gasteiger partial charge is 0.311 e. The molecule has 120 valence electrons. The molecule has 0 heterocycles. The van der Waals surface area contributed by atoms with Crippen molar-refractivity contribution >= 4 is 17.9 Å². The molecule has 0 aromatic rings. The molecule has 0 aliphatic heterocycles. The Morgan fingerprint density at radius 2 is 1.52 bits per heavy atom. The molecule has 6 nitrogen and oxygen atoms in total. The van der Waals surface area contributed by atoms with E-state index in [2.05, 4.69) is 6.58 Å². The molecule has 0 aromatic heterocycles. The first kappa shape index (κ1) is 19.1. The van der Waals surface area contributed by atoms with Crippen LogP contribution in [0.2, 0.25) is 0 Å². The fourth-order valence-electron chi connectivity index (χ4n) is 1.13. The number of hydrogen-bond acceptors (Lipinski definition) is 6. The minimum absolute atomic E-state index is 0.00884. The third kappa shape index (κ3) is 8.83. The number of carbonyl (C=O) groups is 3. The maximum absolute atomic E-state index is 11.6. The topological polar surface area (TPSA) is 78.9 Å². The van der Waals surface area contributed by atoms with Crippen LogP contribution in [0.1, 0.15) is 40.0 Å². The van der Waals surface area contributed by atoms with Gasteiger partial charge >= 0.3 is 17.9 Å². The average Bonchev–Trinajstić information content (AvgIpc) is 2.46. The van der Waals surface area contributed by atoms with Gasteiger partial charge in [0.25, 0.3) is 0 Å². The lowest BCUT2D eigenvalue weighted by Crippen LogP contribution is -2.27. The van der Waals surface area contributed by atoms with Crippen LogP contribution in [0.15, 0.2) is 12.7 Å². The molecule has 0 bridgehead atoms. The molecule has 6 heteroatoms. The highest BCUT2D eigenvalue weighted by molar-refractivity contribution is 5.77. The van der Waals surface area contributed by atoms with E-state index in [1.54, 1.807) is 13.8 Å². The molecule has 0 spiro atoms. The van der Waals surface area contributed by atoms with Gasteiger partial charge in [-0.1, -0.05) is 19.6 Å². The molecule has 0 radical (unpaired) electrons. The Labute approximate surface area is 125 Å². The molecule has 0 fully saturated rings. The highest BCUT2D eigenvalue weighted by Crippen LogP contribution is 2.21. The van der Waals surface area contributed by atoms with Gasteiger partial charge in [0.1, 0.15) is 19.8 Å². The Balaban J connectivity index is 3.74. The van der Waals surface area contributed by atoms with Gasteiger partial charge < -0.3 is 14.2 Å². The van der Waals surface area contributed by atoms with Crippen molar-refractivity contribution in [3.8, 4) is 0 Å².